The van der Waals surface area contributed by atoms with Gasteiger partial charge in [-0.1, -0.05) is 30.3 Å². The highest BCUT2D eigenvalue weighted by Crippen LogP contribution is 2.38. The molecule has 2 saturated heterocycles. The summed E-state index contributed by atoms with van der Waals surface area (Å²) in [5.41, 5.74) is -1.98. The molecule has 2 aliphatic heterocycles. The number of alkyl halides is 6. The van der Waals surface area contributed by atoms with Crippen LogP contribution in [0.25, 0.3) is 0 Å². The summed E-state index contributed by atoms with van der Waals surface area (Å²) in [5.74, 6) is -0.168. The van der Waals surface area contributed by atoms with Crippen LogP contribution in [0.2, 0.25) is 0 Å². The first-order chi connectivity index (χ1) is 18.4. The molecule has 5 nitrogen and oxygen atoms in total. The number of likely N-dealkylation sites (tertiary alicyclic amines) is 1. The average Bonchev–Trinajstić information content (AvgIpc) is 3.36. The Kier molecular flexibility index (Phi) is 9.10. The van der Waals surface area contributed by atoms with Crippen LogP contribution in [-0.2, 0) is 21.8 Å². The first-order valence-corrected chi connectivity index (χ1v) is 13.1. The average molecular weight is 559 g/mol. The number of benzene rings is 2. The van der Waals surface area contributed by atoms with Crippen LogP contribution in [0.4, 0.5) is 31.1 Å². The fourth-order valence-corrected chi connectivity index (χ4v) is 5.12. The maximum Gasteiger partial charge on any atom is 0.416 e. The normalized spacial score (nSPS) is 23.4. The minimum Gasteiger partial charge on any atom is -0.445 e. The molecule has 2 aromatic rings. The minimum atomic E-state index is -4.93. The molecule has 1 amide bonds. The third-order valence-electron chi connectivity index (χ3n) is 7.33. The van der Waals surface area contributed by atoms with Gasteiger partial charge in [-0.2, -0.15) is 26.3 Å². The third-order valence-corrected chi connectivity index (χ3v) is 7.33. The Morgan fingerprint density at radius 3 is 2.18 bits per heavy atom. The van der Waals surface area contributed by atoms with Crippen LogP contribution in [0.15, 0.2) is 48.5 Å². The highest BCUT2D eigenvalue weighted by Gasteiger charge is 2.38. The Morgan fingerprint density at radius 2 is 1.59 bits per heavy atom. The predicted octanol–water partition coefficient (Wildman–Crippen LogP) is 7.14. The molecule has 0 saturated carbocycles. The van der Waals surface area contributed by atoms with E-state index in [9.17, 15) is 31.1 Å². The Balaban J connectivity index is 1.49. The van der Waals surface area contributed by atoms with Crippen LogP contribution in [0, 0.1) is 5.92 Å². The second-order valence-corrected chi connectivity index (χ2v) is 10.1. The third kappa shape index (κ3) is 7.66. The largest absolute Gasteiger partial charge is 0.445 e. The highest BCUT2D eigenvalue weighted by molar-refractivity contribution is 5.68. The molecule has 0 spiro atoms. The number of amides is 1. The van der Waals surface area contributed by atoms with Gasteiger partial charge in [0.2, 0.25) is 0 Å². The van der Waals surface area contributed by atoms with Gasteiger partial charge in [-0.3, -0.25) is 0 Å². The number of halogens is 6. The molecule has 2 aliphatic rings. The van der Waals surface area contributed by atoms with Crippen LogP contribution < -0.4 is 5.32 Å². The van der Waals surface area contributed by atoms with Gasteiger partial charge in [0.05, 0.1) is 23.8 Å². The summed E-state index contributed by atoms with van der Waals surface area (Å²) < 4.78 is 91.6. The van der Waals surface area contributed by atoms with Crippen LogP contribution in [0.1, 0.15) is 67.0 Å². The maximum atomic E-state index is 13.3. The Labute approximate surface area is 223 Å². The summed E-state index contributed by atoms with van der Waals surface area (Å²) in [5, 5.41) is 3.44. The van der Waals surface area contributed by atoms with Gasteiger partial charge < -0.3 is 19.7 Å². The Hall–Kier alpha value is -2.79. The predicted molar refractivity (Wildman–Crippen MR) is 132 cm³/mol. The van der Waals surface area contributed by atoms with E-state index >= 15 is 0 Å². The summed E-state index contributed by atoms with van der Waals surface area (Å²) in [6.45, 7) is 3.28. The summed E-state index contributed by atoms with van der Waals surface area (Å²) in [4.78, 5) is 14.2. The summed E-state index contributed by atoms with van der Waals surface area (Å²) >= 11 is 0. The monoisotopic (exact) mass is 558 g/mol. The number of nitrogens with zero attached hydrogens (tertiary/aromatic N) is 1. The van der Waals surface area contributed by atoms with Crippen molar-refractivity contribution >= 4 is 6.09 Å². The Morgan fingerprint density at radius 1 is 0.974 bits per heavy atom. The van der Waals surface area contributed by atoms with Gasteiger partial charge in [0.15, 0.2) is 0 Å². The molecule has 0 aromatic heterocycles. The lowest BCUT2D eigenvalue weighted by Crippen LogP contribution is -2.37. The molecule has 3 unspecified atom stereocenters. The van der Waals surface area contributed by atoms with Crippen LogP contribution >= 0.6 is 0 Å². The van der Waals surface area contributed by atoms with E-state index in [1.807, 2.05) is 30.3 Å². The minimum absolute atomic E-state index is 0.0815. The van der Waals surface area contributed by atoms with Crippen molar-refractivity contribution in [3.05, 3.63) is 70.8 Å². The van der Waals surface area contributed by atoms with Crippen LogP contribution in [-0.4, -0.2) is 43.3 Å². The Bertz CT molecular complexity index is 1070. The van der Waals surface area contributed by atoms with Crippen molar-refractivity contribution in [3.8, 4) is 0 Å². The smallest absolute Gasteiger partial charge is 0.416 e. The second-order valence-electron chi connectivity index (χ2n) is 10.1. The van der Waals surface area contributed by atoms with E-state index in [-0.39, 0.29) is 42.4 Å². The molecule has 0 radical (unpaired) electrons. The topological polar surface area (TPSA) is 50.8 Å². The molecular formula is C28H32F6N2O3. The van der Waals surface area contributed by atoms with Crippen LogP contribution in [0.5, 0.6) is 0 Å². The van der Waals surface area contributed by atoms with Crippen molar-refractivity contribution in [1.82, 2.24) is 10.2 Å². The van der Waals surface area contributed by atoms with Crippen molar-refractivity contribution in [3.63, 3.8) is 0 Å². The molecular weight excluding hydrogens is 526 g/mol. The molecule has 4 rings (SSSR count). The molecule has 2 heterocycles. The fourth-order valence-electron chi connectivity index (χ4n) is 5.12. The zero-order valence-electron chi connectivity index (χ0n) is 21.5. The molecule has 2 fully saturated rings. The number of hydrogen-bond donors (Lipinski definition) is 1. The number of carbonyl (C=O) groups is 1. The molecule has 1 N–H and O–H groups in total. The van der Waals surface area contributed by atoms with Crippen LogP contribution in [0.3, 0.4) is 0 Å². The molecule has 4 atom stereocenters. The van der Waals surface area contributed by atoms with Gasteiger partial charge in [0, 0.05) is 31.6 Å². The summed E-state index contributed by atoms with van der Waals surface area (Å²) in [7, 11) is 0. The van der Waals surface area contributed by atoms with E-state index < -0.39 is 29.6 Å². The number of hydrogen-bond acceptors (Lipinski definition) is 4. The van der Waals surface area contributed by atoms with Crippen molar-refractivity contribution in [2.24, 2.45) is 5.92 Å². The molecule has 0 aliphatic carbocycles. The van der Waals surface area contributed by atoms with Crippen molar-refractivity contribution in [2.45, 2.75) is 63.2 Å². The molecule has 214 valence electrons. The van der Waals surface area contributed by atoms with Gasteiger partial charge >= 0.3 is 18.4 Å². The number of carbonyl (C=O) groups excluding carboxylic acids is 1. The first kappa shape index (κ1) is 29.2. The second kappa shape index (κ2) is 12.2. The first-order valence-electron chi connectivity index (χ1n) is 13.1. The van der Waals surface area contributed by atoms with Crippen molar-refractivity contribution in [2.75, 3.05) is 26.2 Å². The van der Waals surface area contributed by atoms with E-state index in [0.29, 0.717) is 44.6 Å². The zero-order valence-corrected chi connectivity index (χ0v) is 21.5. The van der Waals surface area contributed by atoms with E-state index in [1.165, 1.54) is 6.92 Å². The summed E-state index contributed by atoms with van der Waals surface area (Å²) in [6, 6.07) is 10.8. The zero-order chi connectivity index (χ0) is 28.2. The van der Waals surface area contributed by atoms with E-state index in [0.717, 1.165) is 18.4 Å². The van der Waals surface area contributed by atoms with E-state index in [1.54, 1.807) is 4.90 Å². The van der Waals surface area contributed by atoms with Crippen molar-refractivity contribution in [1.29, 1.82) is 0 Å². The lowest BCUT2D eigenvalue weighted by molar-refractivity contribution is -0.143. The lowest BCUT2D eigenvalue weighted by Gasteiger charge is -2.28. The summed E-state index contributed by atoms with van der Waals surface area (Å²) in [6.07, 6.45) is -8.58. The van der Waals surface area contributed by atoms with Crippen molar-refractivity contribution < 1.29 is 40.6 Å². The van der Waals surface area contributed by atoms with Gasteiger partial charge in [-0.15, -0.1) is 0 Å². The standard InChI is InChI=1S/C28H32F6N2O3/c1-18(21-13-22(27(29,30)31)15-23(14-21)28(32,33)34)38-17-20-9-10-24(39-26(37)36-11-5-6-12-36)16-35-25(20)19-7-3-2-4-8-19/h2-4,7-8,13-15,18,20,24-25,35H,5-6,9-12,16-17H2,1H3/t18?,20?,24?,25-/m1/s1. The van der Waals surface area contributed by atoms with Gasteiger partial charge in [-0.25, -0.2) is 4.79 Å². The highest BCUT2D eigenvalue weighted by atomic mass is 19.4. The molecule has 39 heavy (non-hydrogen) atoms. The molecule has 0 bridgehead atoms. The van der Waals surface area contributed by atoms with Gasteiger partial charge in [0.1, 0.15) is 6.10 Å². The van der Waals surface area contributed by atoms with Gasteiger partial charge in [0.25, 0.3) is 0 Å². The fraction of sp³-hybridized carbons (Fsp3) is 0.536. The van der Waals surface area contributed by atoms with E-state index in [2.05, 4.69) is 5.32 Å². The van der Waals surface area contributed by atoms with Gasteiger partial charge in [-0.05, 0) is 61.9 Å². The maximum absolute atomic E-state index is 13.3. The van der Waals surface area contributed by atoms with E-state index in [4.69, 9.17) is 9.47 Å². The number of nitrogens with one attached hydrogen (secondary N) is 1. The number of ether oxygens (including phenoxy) is 2. The number of rotatable bonds is 6. The molecule has 11 heteroatoms. The quantitative estimate of drug-likeness (QED) is 0.383. The molecule has 2 aromatic carbocycles. The SMILES string of the molecule is CC(OCC1CCC(OC(=O)N2CCCC2)CN[C@@H]1c1ccccc1)c1cc(C(F)(F)F)cc(C(F)(F)F)c1. The lowest BCUT2D eigenvalue weighted by atomic mass is 9.90.